The number of fused-ring (bicyclic) bond motifs is 1. The van der Waals surface area contributed by atoms with Crippen LogP contribution in [0.1, 0.15) is 32.6 Å². The molecule has 0 N–H and O–H groups in total. The van der Waals surface area contributed by atoms with Crippen molar-refractivity contribution in [3.8, 4) is 0 Å². The molecule has 0 fully saturated rings. The molecule has 1 aliphatic heterocycles. The van der Waals surface area contributed by atoms with E-state index in [-0.39, 0.29) is 0 Å². The molecule has 0 spiro atoms. The lowest BCUT2D eigenvalue weighted by Gasteiger charge is -2.13. The van der Waals surface area contributed by atoms with E-state index >= 15 is 0 Å². The highest BCUT2D eigenvalue weighted by molar-refractivity contribution is 6.09. The quantitative estimate of drug-likeness (QED) is 0.580. The van der Waals surface area contributed by atoms with E-state index in [0.717, 1.165) is 12.5 Å². The molecule has 70 valence electrons. The summed E-state index contributed by atoms with van der Waals surface area (Å²) in [6, 6.07) is 0. The van der Waals surface area contributed by atoms with Gasteiger partial charge in [-0.2, -0.15) is 0 Å². The Balaban J connectivity index is 2.27. The maximum Gasteiger partial charge on any atom is 0.0599 e. The highest BCUT2D eigenvalue weighted by atomic mass is 14.7. The fourth-order valence-corrected chi connectivity index (χ4v) is 2.02. The molecular formula is C12H17N. The largest absolute Gasteiger partial charge is 0.285 e. The Kier molecular flexibility index (Phi) is 2.62. The normalized spacial score (nSPS) is 27.3. The Hall–Kier alpha value is -0.850. The molecule has 0 radical (unpaired) electrons. The second-order valence-corrected chi connectivity index (χ2v) is 3.87. The predicted molar refractivity (Wildman–Crippen MR) is 57.2 cm³/mol. The van der Waals surface area contributed by atoms with Gasteiger partial charge in [-0.3, -0.25) is 4.99 Å². The lowest BCUT2D eigenvalue weighted by Crippen LogP contribution is -2.07. The predicted octanol–water partition coefficient (Wildman–Crippen LogP) is 3.13. The van der Waals surface area contributed by atoms with Crippen molar-refractivity contribution in [1.29, 1.82) is 0 Å². The Bertz CT molecular complexity index is 271. The summed E-state index contributed by atoms with van der Waals surface area (Å²) in [6.07, 6.45) is 11.8. The van der Waals surface area contributed by atoms with Gasteiger partial charge in [-0.25, -0.2) is 0 Å². The number of hydrogen-bond donors (Lipinski definition) is 0. The molecule has 0 amide bonds. The second-order valence-electron chi connectivity index (χ2n) is 3.87. The van der Waals surface area contributed by atoms with Gasteiger partial charge in [0.05, 0.1) is 5.71 Å². The van der Waals surface area contributed by atoms with Gasteiger partial charge in [-0.1, -0.05) is 19.1 Å². The SMILES string of the molecule is CCC1C=C2CCCN=C2C=CC1. The number of rotatable bonds is 1. The summed E-state index contributed by atoms with van der Waals surface area (Å²) >= 11 is 0. The Morgan fingerprint density at radius 3 is 3.31 bits per heavy atom. The minimum absolute atomic E-state index is 0.747. The highest BCUT2D eigenvalue weighted by Crippen LogP contribution is 2.23. The van der Waals surface area contributed by atoms with Crippen molar-refractivity contribution in [1.82, 2.24) is 0 Å². The number of hydrogen-bond acceptors (Lipinski definition) is 1. The van der Waals surface area contributed by atoms with E-state index in [0.29, 0.717) is 0 Å². The average molecular weight is 175 g/mol. The van der Waals surface area contributed by atoms with Crippen LogP contribution >= 0.6 is 0 Å². The van der Waals surface area contributed by atoms with Crippen LogP contribution in [0.5, 0.6) is 0 Å². The number of nitrogens with zero attached hydrogens (tertiary/aromatic N) is 1. The lowest BCUT2D eigenvalue weighted by molar-refractivity contribution is 0.634. The Labute approximate surface area is 80.3 Å². The first-order valence-electron chi connectivity index (χ1n) is 5.32. The Morgan fingerprint density at radius 2 is 2.46 bits per heavy atom. The smallest absolute Gasteiger partial charge is 0.0599 e. The molecule has 0 bridgehead atoms. The van der Waals surface area contributed by atoms with Crippen molar-refractivity contribution in [2.45, 2.75) is 32.6 Å². The first-order valence-corrected chi connectivity index (χ1v) is 5.32. The molecule has 2 rings (SSSR count). The summed E-state index contributed by atoms with van der Waals surface area (Å²) in [7, 11) is 0. The van der Waals surface area contributed by atoms with Gasteiger partial charge in [0.25, 0.3) is 0 Å². The minimum atomic E-state index is 0.747. The molecule has 0 aromatic carbocycles. The second kappa shape index (κ2) is 3.91. The Morgan fingerprint density at radius 1 is 1.54 bits per heavy atom. The third-order valence-electron chi connectivity index (χ3n) is 2.89. The van der Waals surface area contributed by atoms with Crippen molar-refractivity contribution >= 4 is 5.71 Å². The summed E-state index contributed by atoms with van der Waals surface area (Å²) in [4.78, 5) is 4.54. The van der Waals surface area contributed by atoms with Crippen LogP contribution < -0.4 is 0 Å². The van der Waals surface area contributed by atoms with E-state index in [2.05, 4.69) is 30.1 Å². The fourth-order valence-electron chi connectivity index (χ4n) is 2.02. The monoisotopic (exact) mass is 175 g/mol. The molecule has 1 heterocycles. The van der Waals surface area contributed by atoms with Crippen molar-refractivity contribution in [3.63, 3.8) is 0 Å². The third-order valence-corrected chi connectivity index (χ3v) is 2.89. The molecular weight excluding hydrogens is 158 g/mol. The van der Waals surface area contributed by atoms with E-state index in [9.17, 15) is 0 Å². The van der Waals surface area contributed by atoms with Gasteiger partial charge in [0.1, 0.15) is 0 Å². The van der Waals surface area contributed by atoms with E-state index in [1.165, 1.54) is 37.0 Å². The average Bonchev–Trinajstić information content (AvgIpc) is 2.38. The van der Waals surface area contributed by atoms with Gasteiger partial charge in [0, 0.05) is 6.54 Å². The van der Waals surface area contributed by atoms with Crippen LogP contribution in [-0.4, -0.2) is 12.3 Å². The molecule has 0 aromatic heterocycles. The van der Waals surface area contributed by atoms with Gasteiger partial charge in [0.2, 0.25) is 0 Å². The molecule has 2 aliphatic rings. The summed E-state index contributed by atoms with van der Waals surface area (Å²) in [6.45, 7) is 3.29. The number of aliphatic imine (C=N–C) groups is 1. The molecule has 13 heavy (non-hydrogen) atoms. The van der Waals surface area contributed by atoms with Crippen LogP contribution in [0.4, 0.5) is 0 Å². The first-order chi connectivity index (χ1) is 6.40. The van der Waals surface area contributed by atoms with Crippen LogP contribution in [0.2, 0.25) is 0 Å². The van der Waals surface area contributed by atoms with Crippen LogP contribution in [0.15, 0.2) is 28.8 Å². The summed E-state index contributed by atoms with van der Waals surface area (Å²) < 4.78 is 0. The molecule has 1 heteroatoms. The van der Waals surface area contributed by atoms with Gasteiger partial charge in [-0.15, -0.1) is 0 Å². The topological polar surface area (TPSA) is 12.4 Å². The van der Waals surface area contributed by atoms with Gasteiger partial charge in [0.15, 0.2) is 0 Å². The molecule has 1 atom stereocenters. The zero-order valence-electron chi connectivity index (χ0n) is 8.29. The first kappa shape index (κ1) is 8.74. The van der Waals surface area contributed by atoms with Crippen LogP contribution in [-0.2, 0) is 0 Å². The number of allylic oxidation sites excluding steroid dienone is 4. The third kappa shape index (κ3) is 1.90. The van der Waals surface area contributed by atoms with Gasteiger partial charge < -0.3 is 0 Å². The molecule has 1 aliphatic carbocycles. The molecule has 0 saturated carbocycles. The van der Waals surface area contributed by atoms with Gasteiger partial charge in [-0.05, 0) is 43.3 Å². The zero-order valence-corrected chi connectivity index (χ0v) is 8.29. The fraction of sp³-hybridized carbons (Fsp3) is 0.583. The maximum atomic E-state index is 4.54. The molecule has 0 saturated heterocycles. The lowest BCUT2D eigenvalue weighted by atomic mass is 9.96. The van der Waals surface area contributed by atoms with Crippen molar-refractivity contribution in [3.05, 3.63) is 23.8 Å². The van der Waals surface area contributed by atoms with Crippen LogP contribution in [0.25, 0.3) is 0 Å². The summed E-state index contributed by atoms with van der Waals surface area (Å²) in [5.41, 5.74) is 2.74. The summed E-state index contributed by atoms with van der Waals surface area (Å²) in [5, 5.41) is 0. The van der Waals surface area contributed by atoms with E-state index in [4.69, 9.17) is 0 Å². The van der Waals surface area contributed by atoms with E-state index in [1.807, 2.05) is 0 Å². The van der Waals surface area contributed by atoms with Crippen molar-refractivity contribution in [2.24, 2.45) is 10.9 Å². The van der Waals surface area contributed by atoms with Crippen LogP contribution in [0.3, 0.4) is 0 Å². The maximum absolute atomic E-state index is 4.54. The summed E-state index contributed by atoms with van der Waals surface area (Å²) in [5.74, 6) is 0.747. The molecule has 1 nitrogen and oxygen atoms in total. The van der Waals surface area contributed by atoms with Gasteiger partial charge >= 0.3 is 0 Å². The zero-order chi connectivity index (χ0) is 9.10. The molecule has 1 unspecified atom stereocenters. The van der Waals surface area contributed by atoms with Crippen LogP contribution in [0, 0.1) is 5.92 Å². The molecule has 0 aromatic rings. The standard InChI is InChI=1S/C12H17N/c1-2-10-5-3-7-12-11(9-10)6-4-8-13-12/h3,7,9-10H,2,4-6,8H2,1H3. The highest BCUT2D eigenvalue weighted by Gasteiger charge is 2.13. The van der Waals surface area contributed by atoms with E-state index in [1.54, 1.807) is 0 Å². The van der Waals surface area contributed by atoms with Crippen molar-refractivity contribution in [2.75, 3.05) is 6.54 Å². The van der Waals surface area contributed by atoms with Crippen molar-refractivity contribution < 1.29 is 0 Å². The van der Waals surface area contributed by atoms with E-state index < -0.39 is 0 Å². The minimum Gasteiger partial charge on any atom is -0.285 e.